The van der Waals surface area contributed by atoms with Crippen LogP contribution >= 0.6 is 0 Å². The van der Waals surface area contributed by atoms with Crippen LogP contribution in [0.5, 0.6) is 0 Å². The van der Waals surface area contributed by atoms with Crippen molar-refractivity contribution < 1.29 is 18.9 Å². The molecule has 1 atom stereocenters. The van der Waals surface area contributed by atoms with Gasteiger partial charge in [0.25, 0.3) is 11.6 Å². The molecule has 2 rings (SSSR count). The number of rotatable bonds is 5. The Bertz CT molecular complexity index is 697. The van der Waals surface area contributed by atoms with Crippen LogP contribution in [0.15, 0.2) is 12.1 Å². The molecule has 0 bridgehead atoms. The summed E-state index contributed by atoms with van der Waals surface area (Å²) < 4.78 is 13.6. The van der Waals surface area contributed by atoms with E-state index in [1.807, 2.05) is 0 Å². The summed E-state index contributed by atoms with van der Waals surface area (Å²) in [6.45, 7) is 1.15. The van der Waals surface area contributed by atoms with Crippen LogP contribution in [0.1, 0.15) is 23.2 Å². The fourth-order valence-corrected chi connectivity index (χ4v) is 2.82. The highest BCUT2D eigenvalue weighted by Gasteiger charge is 2.31. The molecule has 5 N–H and O–H groups in total. The van der Waals surface area contributed by atoms with E-state index < -0.39 is 28.3 Å². The number of amides is 2. The monoisotopic (exact) mass is 353 g/mol. The molecule has 0 radical (unpaired) electrons. The predicted molar refractivity (Wildman–Crippen MR) is 88.2 cm³/mol. The summed E-state index contributed by atoms with van der Waals surface area (Å²) in [5, 5.41) is 13.6. The number of halogens is 1. The van der Waals surface area contributed by atoms with Crippen molar-refractivity contribution in [2.24, 2.45) is 11.7 Å². The average molecular weight is 353 g/mol. The zero-order chi connectivity index (χ0) is 18.6. The number of nitro groups is 1. The molecular formula is C15H20FN5O4. The number of nitrogens with two attached hydrogens (primary N) is 2. The zero-order valence-electron chi connectivity index (χ0n) is 13.5. The third-order valence-electron chi connectivity index (χ3n) is 4.07. The lowest BCUT2D eigenvalue weighted by Crippen LogP contribution is -2.46. The van der Waals surface area contributed by atoms with Gasteiger partial charge in [-0.25, -0.2) is 4.39 Å². The third-order valence-corrected chi connectivity index (χ3v) is 4.07. The highest BCUT2D eigenvalue weighted by Crippen LogP contribution is 2.29. The topological polar surface area (TPSA) is 145 Å². The number of piperidine rings is 1. The molecule has 1 fully saturated rings. The number of carbonyl (C=O) groups is 2. The van der Waals surface area contributed by atoms with Crippen molar-refractivity contribution in [1.82, 2.24) is 10.2 Å². The van der Waals surface area contributed by atoms with Gasteiger partial charge in [-0.3, -0.25) is 19.7 Å². The standard InChI is InChI=1S/C15H20FN5O4/c16-10-6-11(13(18)12(7-10)21(24)25)15(23)20-5-1-2-9(8-20)14(22)19-4-3-17/h6-7,9H,1-5,8,17-18H2,(H,19,22). The van der Waals surface area contributed by atoms with Crippen molar-refractivity contribution in [2.45, 2.75) is 12.8 Å². The minimum Gasteiger partial charge on any atom is -0.393 e. The van der Waals surface area contributed by atoms with Crippen molar-refractivity contribution in [2.75, 3.05) is 31.9 Å². The molecule has 1 unspecified atom stereocenters. The van der Waals surface area contributed by atoms with E-state index in [2.05, 4.69) is 5.32 Å². The quantitative estimate of drug-likeness (QED) is 0.393. The summed E-state index contributed by atoms with van der Waals surface area (Å²) in [6.07, 6.45) is 1.20. The Morgan fingerprint density at radius 3 is 2.80 bits per heavy atom. The van der Waals surface area contributed by atoms with Crippen LogP contribution in [0.2, 0.25) is 0 Å². The van der Waals surface area contributed by atoms with Gasteiger partial charge in [-0.05, 0) is 18.9 Å². The summed E-state index contributed by atoms with van der Waals surface area (Å²) in [4.78, 5) is 36.1. The highest BCUT2D eigenvalue weighted by molar-refractivity contribution is 6.01. The normalized spacial score (nSPS) is 17.2. The van der Waals surface area contributed by atoms with E-state index in [1.54, 1.807) is 0 Å². The molecule has 1 saturated heterocycles. The first-order chi connectivity index (χ1) is 11.8. The van der Waals surface area contributed by atoms with Gasteiger partial charge in [0.15, 0.2) is 0 Å². The molecule has 1 heterocycles. The van der Waals surface area contributed by atoms with Gasteiger partial charge in [-0.2, -0.15) is 0 Å². The summed E-state index contributed by atoms with van der Waals surface area (Å²) in [5.41, 5.74) is 9.71. The fourth-order valence-electron chi connectivity index (χ4n) is 2.82. The van der Waals surface area contributed by atoms with E-state index in [4.69, 9.17) is 11.5 Å². The first kappa shape index (κ1) is 18.6. The molecule has 2 amide bonds. The second-order valence-corrected chi connectivity index (χ2v) is 5.81. The lowest BCUT2D eigenvalue weighted by atomic mass is 9.96. The van der Waals surface area contributed by atoms with Gasteiger partial charge >= 0.3 is 0 Å². The Hall–Kier alpha value is -2.75. The van der Waals surface area contributed by atoms with E-state index in [0.717, 1.165) is 6.07 Å². The maximum absolute atomic E-state index is 13.6. The summed E-state index contributed by atoms with van der Waals surface area (Å²) >= 11 is 0. The molecule has 9 nitrogen and oxygen atoms in total. The number of hydrogen-bond donors (Lipinski definition) is 3. The van der Waals surface area contributed by atoms with Crippen molar-refractivity contribution in [3.8, 4) is 0 Å². The largest absolute Gasteiger partial charge is 0.393 e. The molecule has 0 saturated carbocycles. The predicted octanol–water partition coefficient (Wildman–Crippen LogP) is 0.243. The number of nitrogens with zero attached hydrogens (tertiary/aromatic N) is 2. The van der Waals surface area contributed by atoms with E-state index in [-0.39, 0.29) is 23.7 Å². The minimum absolute atomic E-state index is 0.138. The Morgan fingerprint density at radius 1 is 1.44 bits per heavy atom. The number of hydrogen-bond acceptors (Lipinski definition) is 6. The molecule has 0 aliphatic carbocycles. The van der Waals surface area contributed by atoms with E-state index in [9.17, 15) is 24.1 Å². The third kappa shape index (κ3) is 4.21. The van der Waals surface area contributed by atoms with E-state index in [0.29, 0.717) is 38.5 Å². The number of benzene rings is 1. The van der Waals surface area contributed by atoms with Gasteiger partial charge in [0.1, 0.15) is 11.5 Å². The summed E-state index contributed by atoms with van der Waals surface area (Å²) in [7, 11) is 0. The Labute approximate surface area is 143 Å². The van der Waals surface area contributed by atoms with Crippen LogP contribution in [0.25, 0.3) is 0 Å². The molecule has 1 aliphatic rings. The number of anilines is 1. The second-order valence-electron chi connectivity index (χ2n) is 5.81. The summed E-state index contributed by atoms with van der Waals surface area (Å²) in [6, 6.07) is 1.55. The van der Waals surface area contributed by atoms with Crippen LogP contribution < -0.4 is 16.8 Å². The fraction of sp³-hybridized carbons (Fsp3) is 0.467. The van der Waals surface area contributed by atoms with E-state index in [1.165, 1.54) is 4.90 Å². The second kappa shape index (κ2) is 7.88. The van der Waals surface area contributed by atoms with Gasteiger partial charge in [0.05, 0.1) is 22.5 Å². The SMILES string of the molecule is NCCNC(=O)C1CCCN(C(=O)c2cc(F)cc([N+](=O)[O-])c2N)C1. The lowest BCUT2D eigenvalue weighted by molar-refractivity contribution is -0.384. The Morgan fingerprint density at radius 2 is 2.16 bits per heavy atom. The number of likely N-dealkylation sites (tertiary alicyclic amines) is 1. The molecule has 136 valence electrons. The number of carbonyl (C=O) groups excluding carboxylic acids is 2. The van der Waals surface area contributed by atoms with Crippen LogP contribution in [-0.2, 0) is 4.79 Å². The molecule has 1 aromatic carbocycles. The number of nitro benzene ring substituents is 1. The molecule has 1 aromatic rings. The van der Waals surface area contributed by atoms with Gasteiger partial charge in [0, 0.05) is 26.2 Å². The minimum atomic E-state index is -0.918. The molecule has 10 heteroatoms. The maximum Gasteiger partial charge on any atom is 0.295 e. The van der Waals surface area contributed by atoms with Gasteiger partial charge in [0.2, 0.25) is 5.91 Å². The summed E-state index contributed by atoms with van der Waals surface area (Å²) in [5.74, 6) is -2.16. The molecular weight excluding hydrogens is 333 g/mol. The zero-order valence-corrected chi connectivity index (χ0v) is 13.5. The molecule has 25 heavy (non-hydrogen) atoms. The molecule has 1 aliphatic heterocycles. The number of nitrogen functional groups attached to an aromatic ring is 1. The average Bonchev–Trinajstić information content (AvgIpc) is 2.60. The first-order valence-electron chi connectivity index (χ1n) is 7.85. The Kier molecular flexibility index (Phi) is 5.86. The van der Waals surface area contributed by atoms with Crippen molar-refractivity contribution in [3.63, 3.8) is 0 Å². The van der Waals surface area contributed by atoms with E-state index >= 15 is 0 Å². The maximum atomic E-state index is 13.6. The van der Waals surface area contributed by atoms with Crippen molar-refractivity contribution >= 4 is 23.2 Å². The molecule has 0 spiro atoms. The van der Waals surface area contributed by atoms with Crippen LogP contribution in [0, 0.1) is 21.8 Å². The smallest absolute Gasteiger partial charge is 0.295 e. The van der Waals surface area contributed by atoms with Crippen molar-refractivity contribution in [3.05, 3.63) is 33.6 Å². The lowest BCUT2D eigenvalue weighted by Gasteiger charge is -2.32. The van der Waals surface area contributed by atoms with Crippen LogP contribution in [-0.4, -0.2) is 47.8 Å². The Balaban J connectivity index is 2.20. The van der Waals surface area contributed by atoms with Crippen LogP contribution in [0.4, 0.5) is 15.8 Å². The van der Waals surface area contributed by atoms with Gasteiger partial charge in [-0.15, -0.1) is 0 Å². The first-order valence-corrected chi connectivity index (χ1v) is 7.85. The van der Waals surface area contributed by atoms with Gasteiger partial charge < -0.3 is 21.7 Å². The van der Waals surface area contributed by atoms with Gasteiger partial charge in [-0.1, -0.05) is 0 Å². The highest BCUT2D eigenvalue weighted by atomic mass is 19.1. The van der Waals surface area contributed by atoms with Crippen molar-refractivity contribution in [1.29, 1.82) is 0 Å². The van der Waals surface area contributed by atoms with Crippen LogP contribution in [0.3, 0.4) is 0 Å². The molecule has 0 aromatic heterocycles. The number of nitrogens with one attached hydrogen (secondary N) is 1.